The van der Waals surface area contributed by atoms with Crippen LogP contribution in [0.3, 0.4) is 0 Å². The summed E-state index contributed by atoms with van der Waals surface area (Å²) in [5, 5.41) is 9.14. The van der Waals surface area contributed by atoms with E-state index in [9.17, 15) is 4.79 Å². The number of aromatic carboxylic acids is 1. The van der Waals surface area contributed by atoms with Crippen molar-refractivity contribution in [2.24, 2.45) is 5.73 Å². The Morgan fingerprint density at radius 2 is 2.00 bits per heavy atom. The van der Waals surface area contributed by atoms with Gasteiger partial charge in [-0.3, -0.25) is 0 Å². The molecule has 0 atom stereocenters. The average molecular weight is 221 g/mol. The zero-order valence-corrected chi connectivity index (χ0v) is 10.1. The van der Waals surface area contributed by atoms with Crippen molar-refractivity contribution in [2.75, 3.05) is 6.54 Å². The maximum Gasteiger partial charge on any atom is 0.335 e. The average Bonchev–Trinajstić information content (AvgIpc) is 2.16. The van der Waals surface area contributed by atoms with Crippen LogP contribution in [0, 0.1) is 0 Å². The van der Waals surface area contributed by atoms with E-state index in [0.29, 0.717) is 18.5 Å². The smallest absolute Gasteiger partial charge is 0.335 e. The molecule has 3 nitrogen and oxygen atoms in total. The second-order valence-electron chi connectivity index (χ2n) is 4.97. The van der Waals surface area contributed by atoms with Crippen molar-refractivity contribution in [1.82, 2.24) is 0 Å². The summed E-state index contributed by atoms with van der Waals surface area (Å²) in [5.41, 5.74) is 7.64. The van der Waals surface area contributed by atoms with Gasteiger partial charge in [0.05, 0.1) is 5.56 Å². The number of carboxylic acids is 1. The zero-order valence-electron chi connectivity index (χ0n) is 10.1. The first-order valence-corrected chi connectivity index (χ1v) is 5.43. The molecule has 0 aliphatic heterocycles. The second-order valence-corrected chi connectivity index (χ2v) is 4.97. The largest absolute Gasteiger partial charge is 0.478 e. The lowest BCUT2D eigenvalue weighted by atomic mass is 9.85. The monoisotopic (exact) mass is 221 g/mol. The molecule has 16 heavy (non-hydrogen) atoms. The normalized spacial score (nSPS) is 11.5. The maximum absolute atomic E-state index is 11.1. The van der Waals surface area contributed by atoms with Gasteiger partial charge in [0, 0.05) is 0 Å². The standard InChI is InChI=1S/C13H19NO2/c1-13(2,3)10-5-4-9(6-7-14)11(8-10)12(15)16/h4-5,8H,6-7,14H2,1-3H3,(H,15,16). The fraction of sp³-hybridized carbons (Fsp3) is 0.462. The first kappa shape index (κ1) is 12.7. The van der Waals surface area contributed by atoms with E-state index in [1.54, 1.807) is 6.07 Å². The van der Waals surface area contributed by atoms with Gasteiger partial charge < -0.3 is 10.8 Å². The van der Waals surface area contributed by atoms with Crippen LogP contribution >= 0.6 is 0 Å². The van der Waals surface area contributed by atoms with Crippen LogP contribution in [0.25, 0.3) is 0 Å². The summed E-state index contributed by atoms with van der Waals surface area (Å²) in [7, 11) is 0. The lowest BCUT2D eigenvalue weighted by molar-refractivity contribution is 0.0695. The molecule has 0 fully saturated rings. The molecule has 1 rings (SSSR count). The van der Waals surface area contributed by atoms with Crippen molar-refractivity contribution < 1.29 is 9.90 Å². The van der Waals surface area contributed by atoms with Crippen molar-refractivity contribution >= 4 is 5.97 Å². The third kappa shape index (κ3) is 2.83. The molecule has 0 aromatic heterocycles. The molecule has 0 unspecified atom stereocenters. The molecule has 0 aliphatic rings. The van der Waals surface area contributed by atoms with Crippen LogP contribution in [-0.4, -0.2) is 17.6 Å². The van der Waals surface area contributed by atoms with Crippen molar-refractivity contribution in [1.29, 1.82) is 0 Å². The lowest BCUT2D eigenvalue weighted by Gasteiger charge is -2.20. The van der Waals surface area contributed by atoms with Crippen LogP contribution in [-0.2, 0) is 11.8 Å². The van der Waals surface area contributed by atoms with Gasteiger partial charge in [0.25, 0.3) is 0 Å². The molecular formula is C13H19NO2. The molecule has 0 heterocycles. The van der Waals surface area contributed by atoms with Gasteiger partial charge in [-0.2, -0.15) is 0 Å². The predicted molar refractivity (Wildman–Crippen MR) is 64.9 cm³/mol. The van der Waals surface area contributed by atoms with E-state index in [0.717, 1.165) is 11.1 Å². The number of benzene rings is 1. The highest BCUT2D eigenvalue weighted by atomic mass is 16.4. The predicted octanol–water partition coefficient (Wildman–Crippen LogP) is 2.18. The van der Waals surface area contributed by atoms with E-state index in [2.05, 4.69) is 20.8 Å². The van der Waals surface area contributed by atoms with Crippen LogP contribution in [0.2, 0.25) is 0 Å². The fourth-order valence-corrected chi connectivity index (χ4v) is 1.62. The molecule has 0 bridgehead atoms. The first-order valence-electron chi connectivity index (χ1n) is 5.43. The van der Waals surface area contributed by atoms with Gasteiger partial charge in [-0.05, 0) is 35.6 Å². The molecule has 0 saturated carbocycles. The van der Waals surface area contributed by atoms with E-state index in [4.69, 9.17) is 10.8 Å². The van der Waals surface area contributed by atoms with Crippen LogP contribution in [0.4, 0.5) is 0 Å². The summed E-state index contributed by atoms with van der Waals surface area (Å²) >= 11 is 0. The van der Waals surface area contributed by atoms with Crippen molar-refractivity contribution in [3.05, 3.63) is 34.9 Å². The Kier molecular flexibility index (Phi) is 3.70. The first-order chi connectivity index (χ1) is 7.36. The number of hydrogen-bond acceptors (Lipinski definition) is 2. The van der Waals surface area contributed by atoms with Crippen molar-refractivity contribution in [2.45, 2.75) is 32.6 Å². The summed E-state index contributed by atoms with van der Waals surface area (Å²) in [5.74, 6) is -0.880. The minimum atomic E-state index is -0.880. The summed E-state index contributed by atoms with van der Waals surface area (Å²) in [6.07, 6.45) is 0.603. The Morgan fingerprint density at radius 3 is 2.44 bits per heavy atom. The van der Waals surface area contributed by atoms with E-state index in [1.807, 2.05) is 12.1 Å². The van der Waals surface area contributed by atoms with E-state index in [1.165, 1.54) is 0 Å². The Morgan fingerprint density at radius 1 is 1.38 bits per heavy atom. The number of carboxylic acid groups (broad SMARTS) is 1. The number of rotatable bonds is 3. The van der Waals surface area contributed by atoms with Gasteiger partial charge in [0.1, 0.15) is 0 Å². The minimum Gasteiger partial charge on any atom is -0.478 e. The van der Waals surface area contributed by atoms with E-state index >= 15 is 0 Å². The molecule has 88 valence electrons. The molecule has 0 saturated heterocycles. The quantitative estimate of drug-likeness (QED) is 0.822. The van der Waals surface area contributed by atoms with Gasteiger partial charge >= 0.3 is 5.97 Å². The van der Waals surface area contributed by atoms with Crippen LogP contribution in [0.15, 0.2) is 18.2 Å². The topological polar surface area (TPSA) is 63.3 Å². The number of nitrogens with two attached hydrogens (primary N) is 1. The van der Waals surface area contributed by atoms with Gasteiger partial charge in [-0.25, -0.2) is 4.79 Å². The molecule has 0 amide bonds. The van der Waals surface area contributed by atoms with Gasteiger partial charge in [-0.1, -0.05) is 32.9 Å². The summed E-state index contributed by atoms with van der Waals surface area (Å²) in [4.78, 5) is 11.1. The molecule has 1 aromatic carbocycles. The third-order valence-corrected chi connectivity index (χ3v) is 2.62. The van der Waals surface area contributed by atoms with E-state index < -0.39 is 5.97 Å². The number of hydrogen-bond donors (Lipinski definition) is 2. The summed E-state index contributed by atoms with van der Waals surface area (Å²) in [6, 6.07) is 5.61. The van der Waals surface area contributed by atoms with Crippen LogP contribution in [0.5, 0.6) is 0 Å². The molecule has 0 spiro atoms. The van der Waals surface area contributed by atoms with Crippen molar-refractivity contribution in [3.8, 4) is 0 Å². The van der Waals surface area contributed by atoms with Gasteiger partial charge in [0.15, 0.2) is 0 Å². The Balaban J connectivity index is 3.23. The van der Waals surface area contributed by atoms with Gasteiger partial charge in [-0.15, -0.1) is 0 Å². The summed E-state index contributed by atoms with van der Waals surface area (Å²) in [6.45, 7) is 6.67. The zero-order chi connectivity index (χ0) is 12.3. The highest BCUT2D eigenvalue weighted by Crippen LogP contribution is 2.24. The molecule has 3 heteroatoms. The fourth-order valence-electron chi connectivity index (χ4n) is 1.62. The SMILES string of the molecule is CC(C)(C)c1ccc(CCN)c(C(=O)O)c1. The van der Waals surface area contributed by atoms with Crippen molar-refractivity contribution in [3.63, 3.8) is 0 Å². The van der Waals surface area contributed by atoms with Crippen LogP contribution in [0.1, 0.15) is 42.3 Å². The highest BCUT2D eigenvalue weighted by Gasteiger charge is 2.17. The Labute approximate surface area is 96.3 Å². The molecule has 1 aromatic rings. The third-order valence-electron chi connectivity index (χ3n) is 2.62. The second kappa shape index (κ2) is 4.66. The molecule has 0 aliphatic carbocycles. The van der Waals surface area contributed by atoms with Crippen LogP contribution < -0.4 is 5.73 Å². The molecular weight excluding hydrogens is 202 g/mol. The lowest BCUT2D eigenvalue weighted by Crippen LogP contribution is -2.15. The maximum atomic E-state index is 11.1. The van der Waals surface area contributed by atoms with Gasteiger partial charge in [0.2, 0.25) is 0 Å². The Bertz CT molecular complexity index is 391. The van der Waals surface area contributed by atoms with E-state index in [-0.39, 0.29) is 5.41 Å². The summed E-state index contributed by atoms with van der Waals surface area (Å²) < 4.78 is 0. The Hall–Kier alpha value is -1.35. The minimum absolute atomic E-state index is 0.0363. The highest BCUT2D eigenvalue weighted by molar-refractivity contribution is 5.89. The molecule has 0 radical (unpaired) electrons. The molecule has 3 N–H and O–H groups in total. The number of carbonyl (C=O) groups is 1.